The minimum absolute atomic E-state index is 0.142. The lowest BCUT2D eigenvalue weighted by Gasteiger charge is -2.23. The van der Waals surface area contributed by atoms with Crippen molar-refractivity contribution in [3.8, 4) is 0 Å². The van der Waals surface area contributed by atoms with E-state index in [1.807, 2.05) is 13.1 Å². The van der Waals surface area contributed by atoms with Gasteiger partial charge in [0.1, 0.15) is 5.82 Å². The second kappa shape index (κ2) is 5.86. The van der Waals surface area contributed by atoms with Gasteiger partial charge in [-0.15, -0.1) is 0 Å². The summed E-state index contributed by atoms with van der Waals surface area (Å²) in [4.78, 5) is 0. The molecule has 1 rings (SSSR count). The van der Waals surface area contributed by atoms with Crippen LogP contribution in [0.3, 0.4) is 0 Å². The van der Waals surface area contributed by atoms with Gasteiger partial charge >= 0.3 is 0 Å². The van der Waals surface area contributed by atoms with Crippen molar-refractivity contribution in [3.63, 3.8) is 0 Å². The van der Waals surface area contributed by atoms with E-state index in [1.165, 1.54) is 6.07 Å². The fraction of sp³-hybridized carbons (Fsp3) is 0.538. The molecule has 2 unspecified atom stereocenters. The molecule has 0 saturated carbocycles. The Kier molecular flexibility index (Phi) is 4.76. The van der Waals surface area contributed by atoms with Crippen LogP contribution >= 0.6 is 0 Å². The highest BCUT2D eigenvalue weighted by molar-refractivity contribution is 5.21. The highest BCUT2D eigenvalue weighted by Gasteiger charge is 2.17. The van der Waals surface area contributed by atoms with Crippen LogP contribution in [0.1, 0.15) is 31.7 Å². The molecule has 1 N–H and O–H groups in total. The molecule has 0 heterocycles. The Bertz CT molecular complexity index is 298. The minimum Gasteiger partial charge on any atom is -0.319 e. The predicted octanol–water partition coefficient (Wildman–Crippen LogP) is 3.17. The largest absolute Gasteiger partial charge is 0.319 e. The monoisotopic (exact) mass is 209 g/mol. The van der Waals surface area contributed by atoms with Crippen molar-refractivity contribution in [3.05, 3.63) is 35.6 Å². The van der Waals surface area contributed by atoms with E-state index < -0.39 is 0 Å². The second-order valence-corrected chi connectivity index (χ2v) is 4.10. The van der Waals surface area contributed by atoms with Gasteiger partial charge in [-0.05, 0) is 36.6 Å². The SMILES string of the molecule is CCC(C)C(CNC)c1cccc(F)c1. The van der Waals surface area contributed by atoms with Gasteiger partial charge in [-0.3, -0.25) is 0 Å². The standard InChI is InChI=1S/C13H20FN/c1-4-10(2)13(9-15-3)11-6-5-7-12(14)8-11/h5-8,10,13,15H,4,9H2,1-3H3. The van der Waals surface area contributed by atoms with Crippen LogP contribution in [-0.4, -0.2) is 13.6 Å². The number of benzene rings is 1. The summed E-state index contributed by atoms with van der Waals surface area (Å²) in [5.74, 6) is 0.826. The molecule has 0 amide bonds. The van der Waals surface area contributed by atoms with Gasteiger partial charge in [0, 0.05) is 6.54 Å². The highest BCUT2D eigenvalue weighted by atomic mass is 19.1. The molecule has 2 atom stereocenters. The molecule has 0 saturated heterocycles. The lowest BCUT2D eigenvalue weighted by molar-refractivity contribution is 0.430. The van der Waals surface area contributed by atoms with Crippen molar-refractivity contribution in [2.24, 2.45) is 5.92 Å². The zero-order valence-electron chi connectivity index (χ0n) is 9.76. The van der Waals surface area contributed by atoms with Gasteiger partial charge in [-0.2, -0.15) is 0 Å². The van der Waals surface area contributed by atoms with Crippen LogP contribution in [0, 0.1) is 11.7 Å². The first-order chi connectivity index (χ1) is 7.19. The van der Waals surface area contributed by atoms with E-state index in [4.69, 9.17) is 0 Å². The third-order valence-corrected chi connectivity index (χ3v) is 3.03. The number of hydrogen-bond acceptors (Lipinski definition) is 1. The number of nitrogens with one attached hydrogen (secondary N) is 1. The van der Waals surface area contributed by atoms with E-state index in [1.54, 1.807) is 12.1 Å². The van der Waals surface area contributed by atoms with E-state index in [0.29, 0.717) is 11.8 Å². The van der Waals surface area contributed by atoms with Gasteiger partial charge in [0.15, 0.2) is 0 Å². The number of likely N-dealkylation sites (N-methyl/N-ethyl adjacent to an activating group) is 1. The van der Waals surface area contributed by atoms with E-state index in [0.717, 1.165) is 18.5 Å². The molecule has 0 aliphatic heterocycles. The Morgan fingerprint density at radius 2 is 2.13 bits per heavy atom. The van der Waals surface area contributed by atoms with Crippen molar-refractivity contribution in [1.29, 1.82) is 0 Å². The Labute approximate surface area is 91.7 Å². The summed E-state index contributed by atoms with van der Waals surface area (Å²) in [6.07, 6.45) is 1.11. The Balaban J connectivity index is 2.88. The van der Waals surface area contributed by atoms with E-state index in [-0.39, 0.29) is 5.82 Å². The molecule has 0 aromatic heterocycles. The van der Waals surface area contributed by atoms with Crippen LogP contribution in [-0.2, 0) is 0 Å². The van der Waals surface area contributed by atoms with E-state index in [9.17, 15) is 4.39 Å². The Morgan fingerprint density at radius 3 is 2.67 bits per heavy atom. The molecule has 2 heteroatoms. The Morgan fingerprint density at radius 1 is 1.40 bits per heavy atom. The second-order valence-electron chi connectivity index (χ2n) is 4.10. The first-order valence-electron chi connectivity index (χ1n) is 5.59. The Hall–Kier alpha value is -0.890. The molecule has 1 nitrogen and oxygen atoms in total. The lowest BCUT2D eigenvalue weighted by atomic mass is 9.85. The first-order valence-corrected chi connectivity index (χ1v) is 5.59. The topological polar surface area (TPSA) is 12.0 Å². The molecule has 15 heavy (non-hydrogen) atoms. The summed E-state index contributed by atoms with van der Waals surface area (Å²) >= 11 is 0. The maximum absolute atomic E-state index is 13.1. The van der Waals surface area contributed by atoms with Crippen molar-refractivity contribution in [2.75, 3.05) is 13.6 Å². The van der Waals surface area contributed by atoms with Crippen molar-refractivity contribution in [2.45, 2.75) is 26.2 Å². The summed E-state index contributed by atoms with van der Waals surface area (Å²) in [6.45, 7) is 5.29. The summed E-state index contributed by atoms with van der Waals surface area (Å²) in [6, 6.07) is 6.94. The molecular weight excluding hydrogens is 189 g/mol. The molecule has 0 spiro atoms. The summed E-state index contributed by atoms with van der Waals surface area (Å²) in [5, 5.41) is 3.18. The molecule has 1 aromatic carbocycles. The summed E-state index contributed by atoms with van der Waals surface area (Å²) in [7, 11) is 1.94. The summed E-state index contributed by atoms with van der Waals surface area (Å²) in [5.41, 5.74) is 1.10. The quantitative estimate of drug-likeness (QED) is 0.785. The average molecular weight is 209 g/mol. The van der Waals surface area contributed by atoms with Gasteiger partial charge < -0.3 is 5.32 Å². The van der Waals surface area contributed by atoms with Crippen LogP contribution in [0.25, 0.3) is 0 Å². The maximum atomic E-state index is 13.1. The smallest absolute Gasteiger partial charge is 0.123 e. The molecule has 0 fully saturated rings. The lowest BCUT2D eigenvalue weighted by Crippen LogP contribution is -2.22. The fourth-order valence-corrected chi connectivity index (χ4v) is 1.89. The van der Waals surface area contributed by atoms with Gasteiger partial charge in [0.05, 0.1) is 0 Å². The molecule has 1 aromatic rings. The predicted molar refractivity (Wildman–Crippen MR) is 62.5 cm³/mol. The van der Waals surface area contributed by atoms with Crippen LogP contribution in [0.15, 0.2) is 24.3 Å². The van der Waals surface area contributed by atoms with Crippen LogP contribution < -0.4 is 5.32 Å². The number of rotatable bonds is 5. The van der Waals surface area contributed by atoms with Gasteiger partial charge in [0.2, 0.25) is 0 Å². The molecular formula is C13H20FN. The van der Waals surface area contributed by atoms with Gasteiger partial charge in [0.25, 0.3) is 0 Å². The molecule has 84 valence electrons. The van der Waals surface area contributed by atoms with Crippen LogP contribution in [0.2, 0.25) is 0 Å². The molecule has 0 aliphatic rings. The minimum atomic E-state index is -0.142. The fourth-order valence-electron chi connectivity index (χ4n) is 1.89. The zero-order chi connectivity index (χ0) is 11.3. The maximum Gasteiger partial charge on any atom is 0.123 e. The van der Waals surface area contributed by atoms with Crippen molar-refractivity contribution in [1.82, 2.24) is 5.32 Å². The highest BCUT2D eigenvalue weighted by Crippen LogP contribution is 2.26. The van der Waals surface area contributed by atoms with Crippen LogP contribution in [0.5, 0.6) is 0 Å². The average Bonchev–Trinajstić information content (AvgIpc) is 2.25. The number of halogens is 1. The van der Waals surface area contributed by atoms with Crippen molar-refractivity contribution >= 4 is 0 Å². The van der Waals surface area contributed by atoms with Crippen molar-refractivity contribution < 1.29 is 4.39 Å². The third-order valence-electron chi connectivity index (χ3n) is 3.03. The molecule has 0 aliphatic carbocycles. The van der Waals surface area contributed by atoms with Crippen LogP contribution in [0.4, 0.5) is 4.39 Å². The summed E-state index contributed by atoms with van der Waals surface area (Å²) < 4.78 is 13.1. The van der Waals surface area contributed by atoms with Gasteiger partial charge in [-0.25, -0.2) is 4.39 Å². The number of hydrogen-bond donors (Lipinski definition) is 1. The first kappa shape index (κ1) is 12.2. The van der Waals surface area contributed by atoms with E-state index >= 15 is 0 Å². The normalized spacial score (nSPS) is 14.9. The molecule has 0 bridgehead atoms. The molecule has 0 radical (unpaired) electrons. The third kappa shape index (κ3) is 3.31. The van der Waals surface area contributed by atoms with E-state index in [2.05, 4.69) is 19.2 Å². The zero-order valence-corrected chi connectivity index (χ0v) is 9.76. The van der Waals surface area contributed by atoms with Gasteiger partial charge in [-0.1, -0.05) is 32.4 Å².